The van der Waals surface area contributed by atoms with Gasteiger partial charge in [0.15, 0.2) is 0 Å². The Balaban J connectivity index is 2.25. The van der Waals surface area contributed by atoms with Crippen molar-refractivity contribution in [2.24, 2.45) is 5.73 Å². The van der Waals surface area contributed by atoms with Crippen LogP contribution < -0.4 is 5.73 Å². The van der Waals surface area contributed by atoms with E-state index in [0.29, 0.717) is 0 Å². The number of thiophene rings is 1. The Morgan fingerprint density at radius 2 is 2.46 bits per heavy atom. The molecule has 2 N–H and O–H groups in total. The van der Waals surface area contributed by atoms with Crippen molar-refractivity contribution in [3.8, 4) is 0 Å². The number of hydrogen-bond acceptors (Lipinski definition) is 3. The Kier molecular flexibility index (Phi) is 2.96. The molecular formula is C10H15NS2. The zero-order chi connectivity index (χ0) is 9.26. The topological polar surface area (TPSA) is 26.0 Å². The van der Waals surface area contributed by atoms with E-state index in [0.717, 1.165) is 6.42 Å². The molecule has 0 spiro atoms. The van der Waals surface area contributed by atoms with Gasteiger partial charge in [0.25, 0.3) is 0 Å². The van der Waals surface area contributed by atoms with Crippen molar-refractivity contribution < 1.29 is 0 Å². The summed E-state index contributed by atoms with van der Waals surface area (Å²) in [7, 11) is 0. The minimum absolute atomic E-state index is 0.264. The third-order valence-electron chi connectivity index (χ3n) is 2.45. The molecule has 1 aliphatic heterocycles. The van der Waals surface area contributed by atoms with Gasteiger partial charge >= 0.3 is 0 Å². The average molecular weight is 213 g/mol. The fourth-order valence-corrected chi connectivity index (χ4v) is 4.02. The van der Waals surface area contributed by atoms with Gasteiger partial charge in [0.2, 0.25) is 0 Å². The third-order valence-corrected chi connectivity index (χ3v) is 4.83. The molecule has 1 aromatic rings. The van der Waals surface area contributed by atoms with E-state index >= 15 is 0 Å². The van der Waals surface area contributed by atoms with Gasteiger partial charge in [0, 0.05) is 21.5 Å². The summed E-state index contributed by atoms with van der Waals surface area (Å²) in [5, 5.41) is 0. The molecule has 0 radical (unpaired) electrons. The molecule has 1 atom stereocenters. The zero-order valence-corrected chi connectivity index (χ0v) is 9.51. The van der Waals surface area contributed by atoms with Crippen LogP contribution in [0, 0.1) is 0 Å². The number of fused-ring (bicyclic) bond motifs is 1. The molecule has 3 heteroatoms. The molecule has 0 amide bonds. The summed E-state index contributed by atoms with van der Waals surface area (Å²) in [6, 6.07) is 2.58. The second-order valence-electron chi connectivity index (χ2n) is 3.41. The Morgan fingerprint density at radius 1 is 1.62 bits per heavy atom. The van der Waals surface area contributed by atoms with Crippen LogP contribution in [0.25, 0.3) is 0 Å². The molecule has 72 valence electrons. The maximum atomic E-state index is 6.01. The Labute approximate surface area is 87.7 Å². The molecule has 0 bridgehead atoms. The van der Waals surface area contributed by atoms with Crippen LogP contribution in [0.4, 0.5) is 0 Å². The lowest BCUT2D eigenvalue weighted by Gasteiger charge is -2.08. The molecule has 0 saturated heterocycles. The van der Waals surface area contributed by atoms with E-state index in [4.69, 9.17) is 5.73 Å². The fraction of sp³-hybridized carbons (Fsp3) is 0.600. The second kappa shape index (κ2) is 4.03. The lowest BCUT2D eigenvalue weighted by molar-refractivity contribution is 0.712. The van der Waals surface area contributed by atoms with E-state index in [2.05, 4.69) is 13.0 Å². The highest BCUT2D eigenvalue weighted by atomic mass is 32.2. The first-order chi connectivity index (χ1) is 6.31. The first-order valence-electron chi connectivity index (χ1n) is 4.76. The Hall–Kier alpha value is 0.01000. The van der Waals surface area contributed by atoms with Gasteiger partial charge in [-0.2, -0.15) is 11.8 Å². The fourth-order valence-electron chi connectivity index (χ4n) is 1.55. The first-order valence-corrected chi connectivity index (χ1v) is 6.73. The van der Waals surface area contributed by atoms with Crippen molar-refractivity contribution in [2.45, 2.75) is 31.6 Å². The molecule has 0 aromatic carbocycles. The lowest BCUT2D eigenvalue weighted by atomic mass is 10.1. The highest BCUT2D eigenvalue weighted by Crippen LogP contribution is 2.34. The van der Waals surface area contributed by atoms with Crippen LogP contribution in [0.15, 0.2) is 6.07 Å². The molecule has 0 saturated carbocycles. The van der Waals surface area contributed by atoms with Crippen LogP contribution in [-0.2, 0) is 12.2 Å². The van der Waals surface area contributed by atoms with E-state index in [1.165, 1.54) is 22.8 Å². The monoisotopic (exact) mass is 213 g/mol. The van der Waals surface area contributed by atoms with Crippen molar-refractivity contribution in [1.82, 2.24) is 0 Å². The highest BCUT2D eigenvalue weighted by Gasteiger charge is 2.15. The van der Waals surface area contributed by atoms with Crippen LogP contribution in [-0.4, -0.2) is 5.75 Å². The highest BCUT2D eigenvalue weighted by molar-refractivity contribution is 7.98. The molecule has 2 rings (SSSR count). The largest absolute Gasteiger partial charge is 0.323 e. The molecule has 1 unspecified atom stereocenters. The summed E-state index contributed by atoms with van der Waals surface area (Å²) in [5.41, 5.74) is 7.55. The minimum Gasteiger partial charge on any atom is -0.323 e. The summed E-state index contributed by atoms with van der Waals surface area (Å²) in [6.45, 7) is 2.15. The van der Waals surface area contributed by atoms with Crippen LogP contribution in [0.5, 0.6) is 0 Å². The van der Waals surface area contributed by atoms with E-state index in [1.807, 2.05) is 23.1 Å². The molecule has 2 heterocycles. The van der Waals surface area contributed by atoms with Gasteiger partial charge < -0.3 is 5.73 Å². The normalized spacial score (nSPS) is 18.3. The number of thioether (sulfide) groups is 1. The van der Waals surface area contributed by atoms with Crippen molar-refractivity contribution in [2.75, 3.05) is 5.75 Å². The summed E-state index contributed by atoms with van der Waals surface area (Å²) in [6.07, 6.45) is 2.30. The van der Waals surface area contributed by atoms with Gasteiger partial charge in [0.1, 0.15) is 0 Å². The van der Waals surface area contributed by atoms with Crippen LogP contribution >= 0.6 is 23.1 Å². The molecular weight excluding hydrogens is 198 g/mol. The van der Waals surface area contributed by atoms with Crippen LogP contribution in [0.2, 0.25) is 0 Å². The molecule has 1 aromatic heterocycles. The predicted octanol–water partition coefficient (Wildman–Crippen LogP) is 2.95. The maximum Gasteiger partial charge on any atom is 0.0387 e. The molecule has 13 heavy (non-hydrogen) atoms. The standard InChI is InChI=1S/C10H15NS2/c1-2-8(11)10-5-7-6-12-4-3-9(7)13-10/h5,8H,2-4,6,11H2,1H3. The summed E-state index contributed by atoms with van der Waals surface area (Å²) in [5.74, 6) is 2.48. The summed E-state index contributed by atoms with van der Waals surface area (Å²) >= 11 is 3.97. The SMILES string of the molecule is CCC(N)c1cc2c(s1)CCSC2. The maximum absolute atomic E-state index is 6.01. The zero-order valence-electron chi connectivity index (χ0n) is 7.88. The number of aryl methyl sites for hydroxylation is 1. The van der Waals surface area contributed by atoms with Crippen molar-refractivity contribution >= 4 is 23.1 Å². The van der Waals surface area contributed by atoms with E-state index in [-0.39, 0.29) is 6.04 Å². The number of nitrogens with two attached hydrogens (primary N) is 1. The molecule has 0 aliphatic carbocycles. The van der Waals surface area contributed by atoms with Gasteiger partial charge in [-0.05, 0) is 30.2 Å². The summed E-state index contributed by atoms with van der Waals surface area (Å²) < 4.78 is 0. The average Bonchev–Trinajstić information content (AvgIpc) is 2.59. The lowest BCUT2D eigenvalue weighted by Crippen LogP contribution is -2.06. The van der Waals surface area contributed by atoms with Gasteiger partial charge in [-0.25, -0.2) is 0 Å². The molecule has 1 aliphatic rings. The number of rotatable bonds is 2. The van der Waals surface area contributed by atoms with Gasteiger partial charge in [-0.3, -0.25) is 0 Å². The van der Waals surface area contributed by atoms with Gasteiger partial charge in [-0.15, -0.1) is 11.3 Å². The molecule has 0 fully saturated rings. The Morgan fingerprint density at radius 3 is 3.15 bits per heavy atom. The Bertz CT molecular complexity index is 270. The minimum atomic E-state index is 0.264. The van der Waals surface area contributed by atoms with E-state index in [1.54, 1.807) is 10.4 Å². The van der Waals surface area contributed by atoms with Gasteiger partial charge in [0.05, 0.1) is 0 Å². The first kappa shape index (κ1) is 9.56. The third kappa shape index (κ3) is 1.92. The van der Waals surface area contributed by atoms with Gasteiger partial charge in [-0.1, -0.05) is 6.92 Å². The smallest absolute Gasteiger partial charge is 0.0387 e. The molecule has 1 nitrogen and oxygen atoms in total. The number of hydrogen-bond donors (Lipinski definition) is 1. The van der Waals surface area contributed by atoms with E-state index in [9.17, 15) is 0 Å². The van der Waals surface area contributed by atoms with Crippen molar-refractivity contribution in [3.05, 3.63) is 21.4 Å². The van der Waals surface area contributed by atoms with Crippen LogP contribution in [0.3, 0.4) is 0 Å². The predicted molar refractivity (Wildman–Crippen MR) is 61.4 cm³/mol. The van der Waals surface area contributed by atoms with Crippen molar-refractivity contribution in [1.29, 1.82) is 0 Å². The summed E-state index contributed by atoms with van der Waals surface area (Å²) in [4.78, 5) is 2.97. The second-order valence-corrected chi connectivity index (χ2v) is 5.69. The van der Waals surface area contributed by atoms with Crippen molar-refractivity contribution in [3.63, 3.8) is 0 Å². The van der Waals surface area contributed by atoms with E-state index < -0.39 is 0 Å². The quantitative estimate of drug-likeness (QED) is 0.817. The van der Waals surface area contributed by atoms with Crippen LogP contribution in [0.1, 0.15) is 34.7 Å².